The van der Waals surface area contributed by atoms with Gasteiger partial charge in [0.1, 0.15) is 23.4 Å². The summed E-state index contributed by atoms with van der Waals surface area (Å²) in [6, 6.07) is 23.3. The van der Waals surface area contributed by atoms with E-state index in [1.165, 1.54) is 22.2 Å². The van der Waals surface area contributed by atoms with Crippen LogP contribution in [-0.2, 0) is 19.2 Å². The Morgan fingerprint density at radius 2 is 1.08 bits per heavy atom. The van der Waals surface area contributed by atoms with Crippen molar-refractivity contribution in [1.29, 1.82) is 0 Å². The second-order valence-corrected chi connectivity index (χ2v) is 14.6. The van der Waals surface area contributed by atoms with Crippen LogP contribution in [0, 0.1) is 0 Å². The number of nitrogens with one attached hydrogen (secondary N) is 2. The predicted molar refractivity (Wildman–Crippen MR) is 214 cm³/mol. The summed E-state index contributed by atoms with van der Waals surface area (Å²) in [4.78, 5) is 69.3. The van der Waals surface area contributed by atoms with Crippen LogP contribution in [0.25, 0.3) is 34.1 Å². The number of aromatic nitrogens is 5. The number of amides is 4. The van der Waals surface area contributed by atoms with Crippen LogP contribution in [0.2, 0.25) is 0 Å². The number of pyridine rings is 2. The van der Waals surface area contributed by atoms with Crippen LogP contribution in [0.5, 0.6) is 0 Å². The van der Waals surface area contributed by atoms with Crippen molar-refractivity contribution in [1.82, 2.24) is 33.6 Å². The highest BCUT2D eigenvalue weighted by molar-refractivity contribution is 5.99. The number of carbonyl (C=O) groups is 4. The molecule has 7 heterocycles. The maximum atomic E-state index is 13.4. The first kappa shape index (κ1) is 37.4. The minimum atomic E-state index is -1.46. The van der Waals surface area contributed by atoms with Gasteiger partial charge in [0, 0.05) is 48.0 Å². The Bertz CT molecular complexity index is 2510. The highest BCUT2D eigenvalue weighted by atomic mass is 16.4. The number of nitrogens with zero attached hydrogens (tertiary/aromatic N) is 7. The summed E-state index contributed by atoms with van der Waals surface area (Å²) >= 11 is 0. The van der Waals surface area contributed by atoms with Crippen molar-refractivity contribution in [2.45, 2.75) is 50.0 Å². The molecule has 4 N–H and O–H groups in total. The third-order valence-electron chi connectivity index (χ3n) is 10.9. The SMILES string of the molecule is O=C(Nc1ccc(-c2cnc(-c3ccc(NC(=O)[C@@H]4CCCN4C(=O)[C@@H](O)c4cnc5ccccn45)cc3)o2)cc1)C1CCCN1C(=O)C(O)c1cnc2ccccn12. The number of rotatable bonds is 10. The molecule has 2 unspecified atom stereocenters. The number of imidazole rings is 2. The number of fused-ring (bicyclic) bond motifs is 2. The van der Waals surface area contributed by atoms with E-state index in [0.717, 1.165) is 5.56 Å². The number of carbonyl (C=O) groups excluding carboxylic acids is 4. The van der Waals surface area contributed by atoms with Crippen molar-refractivity contribution in [2.24, 2.45) is 0 Å². The first-order chi connectivity index (χ1) is 28.7. The lowest BCUT2D eigenvalue weighted by molar-refractivity contribution is -0.144. The summed E-state index contributed by atoms with van der Waals surface area (Å²) in [5.74, 6) is -0.930. The van der Waals surface area contributed by atoms with Gasteiger partial charge in [-0.15, -0.1) is 0 Å². The summed E-state index contributed by atoms with van der Waals surface area (Å²) in [6.45, 7) is 0.709. The number of aliphatic hydroxyl groups excluding tert-OH is 2. The monoisotopic (exact) mass is 793 g/mol. The van der Waals surface area contributed by atoms with E-state index in [9.17, 15) is 29.4 Å². The molecule has 0 aliphatic carbocycles. The molecule has 16 nitrogen and oxygen atoms in total. The van der Waals surface area contributed by atoms with Gasteiger partial charge in [-0.2, -0.15) is 0 Å². The van der Waals surface area contributed by atoms with Crippen molar-refractivity contribution in [3.63, 3.8) is 0 Å². The van der Waals surface area contributed by atoms with Crippen LogP contribution in [0.4, 0.5) is 11.4 Å². The van der Waals surface area contributed by atoms with Crippen LogP contribution in [0.15, 0.2) is 120 Å². The summed E-state index contributed by atoms with van der Waals surface area (Å²) < 4.78 is 9.38. The zero-order valence-corrected chi connectivity index (χ0v) is 31.6. The number of aliphatic hydroxyl groups is 2. The van der Waals surface area contributed by atoms with Gasteiger partial charge < -0.3 is 43.9 Å². The molecule has 2 fully saturated rings. The van der Waals surface area contributed by atoms with Crippen molar-refractivity contribution in [3.8, 4) is 22.8 Å². The van der Waals surface area contributed by atoms with E-state index in [1.54, 1.807) is 100 Å². The Morgan fingerprint density at radius 1 is 0.610 bits per heavy atom. The van der Waals surface area contributed by atoms with Crippen molar-refractivity contribution in [2.75, 3.05) is 23.7 Å². The van der Waals surface area contributed by atoms with Crippen molar-refractivity contribution in [3.05, 3.63) is 127 Å². The quantitative estimate of drug-likeness (QED) is 0.151. The fraction of sp³-hybridized carbons (Fsp3) is 0.233. The first-order valence-corrected chi connectivity index (χ1v) is 19.3. The Labute approximate surface area is 336 Å². The second kappa shape index (κ2) is 15.6. The largest absolute Gasteiger partial charge is 0.436 e. The van der Waals surface area contributed by atoms with Crippen LogP contribution in [0.3, 0.4) is 0 Å². The standard InChI is InChI=1S/C43H39N9O7/c53-37(32-23-44-35-9-1-3-19-49(32)35)42(57)51-21-5-7-30(51)39(55)47-28-15-11-26(12-16-28)34-25-46-41(59-34)27-13-17-29(18-14-27)48-40(56)31-8-6-22-52(31)43(58)38(54)33-24-45-36-10-2-4-20-50(33)36/h1-4,9-20,23-25,30-31,37-38,53-54H,5-8,21-22H2,(H,47,55)(H,48,56)/t30?,31-,37?,38-/m0/s1. The average molecular weight is 794 g/mol. The van der Waals surface area contributed by atoms with Crippen LogP contribution >= 0.6 is 0 Å². The fourth-order valence-corrected chi connectivity index (χ4v) is 7.89. The van der Waals surface area contributed by atoms with Gasteiger partial charge in [-0.1, -0.05) is 12.1 Å². The molecule has 0 bridgehead atoms. The minimum Gasteiger partial charge on any atom is -0.436 e. The molecule has 2 aromatic carbocycles. The highest BCUT2D eigenvalue weighted by Crippen LogP contribution is 2.30. The molecule has 0 radical (unpaired) electrons. The second-order valence-electron chi connectivity index (χ2n) is 14.6. The molecule has 4 atom stereocenters. The van der Waals surface area contributed by atoms with E-state index in [4.69, 9.17) is 4.42 Å². The number of oxazole rings is 1. The van der Waals surface area contributed by atoms with Crippen molar-refractivity contribution >= 4 is 46.3 Å². The molecule has 2 saturated heterocycles. The zero-order valence-electron chi connectivity index (χ0n) is 31.6. The first-order valence-electron chi connectivity index (χ1n) is 19.3. The molecular weight excluding hydrogens is 755 g/mol. The Kier molecular flexibility index (Phi) is 9.92. The van der Waals surface area contributed by atoms with Gasteiger partial charge in [-0.3, -0.25) is 19.2 Å². The number of hydrogen-bond acceptors (Lipinski definition) is 10. The van der Waals surface area contributed by atoms with E-state index in [1.807, 2.05) is 12.1 Å². The average Bonchev–Trinajstić information content (AvgIpc) is 4.12. The molecule has 5 aromatic heterocycles. The lowest BCUT2D eigenvalue weighted by atomic mass is 10.1. The van der Waals surface area contributed by atoms with Gasteiger partial charge in [-0.05, 0) is 98.5 Å². The molecule has 4 amide bonds. The summed E-state index contributed by atoms with van der Waals surface area (Å²) in [5.41, 5.74) is 4.35. The van der Waals surface area contributed by atoms with Gasteiger partial charge >= 0.3 is 0 Å². The lowest BCUT2D eigenvalue weighted by Crippen LogP contribution is -2.45. The van der Waals surface area contributed by atoms with E-state index < -0.39 is 36.1 Å². The topological polar surface area (TPSA) is 200 Å². The number of likely N-dealkylation sites (tertiary alicyclic amines) is 2. The molecule has 2 aliphatic rings. The predicted octanol–water partition coefficient (Wildman–Crippen LogP) is 4.63. The third-order valence-corrected chi connectivity index (χ3v) is 10.9. The molecular formula is C43H39N9O7. The van der Waals surface area contributed by atoms with E-state index >= 15 is 0 Å². The summed E-state index contributed by atoms with van der Waals surface area (Å²) in [6.07, 6.45) is 7.27. The van der Waals surface area contributed by atoms with Gasteiger partial charge in [0.2, 0.25) is 17.7 Å². The van der Waals surface area contributed by atoms with E-state index in [-0.39, 0.29) is 11.8 Å². The number of anilines is 2. The molecule has 59 heavy (non-hydrogen) atoms. The smallest absolute Gasteiger partial charge is 0.258 e. The van der Waals surface area contributed by atoms with Crippen LogP contribution < -0.4 is 10.6 Å². The van der Waals surface area contributed by atoms with Crippen LogP contribution in [0.1, 0.15) is 49.3 Å². The maximum absolute atomic E-state index is 13.4. The van der Waals surface area contributed by atoms with E-state index in [0.29, 0.717) is 90.0 Å². The highest BCUT2D eigenvalue weighted by Gasteiger charge is 2.39. The van der Waals surface area contributed by atoms with Gasteiger partial charge in [0.25, 0.3) is 11.8 Å². The number of hydrogen-bond donors (Lipinski definition) is 4. The van der Waals surface area contributed by atoms with E-state index in [2.05, 4.69) is 25.6 Å². The van der Waals surface area contributed by atoms with Crippen molar-refractivity contribution < 1.29 is 33.8 Å². The molecule has 9 rings (SSSR count). The summed E-state index contributed by atoms with van der Waals surface area (Å²) in [5, 5.41) is 27.7. The fourth-order valence-electron chi connectivity index (χ4n) is 7.89. The van der Waals surface area contributed by atoms with Gasteiger partial charge in [0.15, 0.2) is 18.0 Å². The Hall–Kier alpha value is -7.17. The zero-order chi connectivity index (χ0) is 40.6. The Balaban J connectivity index is 0.799. The normalized spacial score (nSPS) is 17.7. The maximum Gasteiger partial charge on any atom is 0.258 e. The molecule has 0 saturated carbocycles. The summed E-state index contributed by atoms with van der Waals surface area (Å²) in [7, 11) is 0. The molecule has 7 aromatic rings. The molecule has 16 heteroatoms. The van der Waals surface area contributed by atoms with Crippen LogP contribution in [-0.4, -0.2) is 92.6 Å². The molecule has 298 valence electrons. The van der Waals surface area contributed by atoms with Gasteiger partial charge in [-0.25, -0.2) is 15.0 Å². The molecule has 0 spiro atoms. The number of benzene rings is 2. The Morgan fingerprint density at radius 3 is 1.58 bits per heavy atom. The van der Waals surface area contributed by atoms with Gasteiger partial charge in [0.05, 0.1) is 30.0 Å². The lowest BCUT2D eigenvalue weighted by Gasteiger charge is -2.26. The molecule has 2 aliphatic heterocycles. The third kappa shape index (κ3) is 7.19. The minimum absolute atomic E-state index is 0.337.